The van der Waals surface area contributed by atoms with Gasteiger partial charge in [-0.3, -0.25) is 0 Å². The molecule has 16 heavy (non-hydrogen) atoms. The maximum atomic E-state index is 11.0. The van der Waals surface area contributed by atoms with Crippen LogP contribution in [0.5, 0.6) is 0 Å². The third-order valence-electron chi connectivity index (χ3n) is 2.02. The van der Waals surface area contributed by atoms with E-state index in [4.69, 9.17) is 4.74 Å². The average Bonchev–Trinajstić information content (AvgIpc) is 2.26. The van der Waals surface area contributed by atoms with Crippen LogP contribution in [0.4, 0.5) is 0 Å². The van der Waals surface area contributed by atoms with Crippen molar-refractivity contribution in [3.63, 3.8) is 0 Å². The van der Waals surface area contributed by atoms with Crippen LogP contribution < -0.4 is 0 Å². The van der Waals surface area contributed by atoms with Crippen molar-refractivity contribution in [3.05, 3.63) is 36.5 Å². The van der Waals surface area contributed by atoms with Crippen LogP contribution in [0.25, 0.3) is 0 Å². The lowest BCUT2D eigenvalue weighted by Crippen LogP contribution is -2.04. The molecule has 0 N–H and O–H groups in total. The summed E-state index contributed by atoms with van der Waals surface area (Å²) in [7, 11) is 0. The Labute approximate surface area is 98.7 Å². The Morgan fingerprint density at radius 3 is 2.56 bits per heavy atom. The number of ether oxygens (including phenoxy) is 1. The summed E-state index contributed by atoms with van der Waals surface area (Å²) in [5.41, 5.74) is 0.434. The summed E-state index contributed by atoms with van der Waals surface area (Å²) < 4.78 is 4.89. The van der Waals surface area contributed by atoms with E-state index in [0.29, 0.717) is 12.2 Å². The minimum Gasteiger partial charge on any atom is -0.458 e. The highest BCUT2D eigenvalue weighted by Crippen LogP contribution is 1.99. The van der Waals surface area contributed by atoms with Crippen LogP contribution in [-0.4, -0.2) is 12.6 Å². The lowest BCUT2D eigenvalue weighted by atomic mass is 10.2. The number of carbonyl (C=O) groups is 1. The van der Waals surface area contributed by atoms with Crippen molar-refractivity contribution in [1.82, 2.24) is 0 Å². The van der Waals surface area contributed by atoms with E-state index in [0.717, 1.165) is 6.42 Å². The Morgan fingerprint density at radius 1 is 1.25 bits per heavy atom. The Hall–Kier alpha value is -1.31. The largest absolute Gasteiger partial charge is 0.458 e. The maximum absolute atomic E-state index is 11.0. The third-order valence-corrected chi connectivity index (χ3v) is 2.02. The highest BCUT2D eigenvalue weighted by atomic mass is 16.5. The minimum atomic E-state index is -0.337. The maximum Gasteiger partial charge on any atom is 0.333 e. The van der Waals surface area contributed by atoms with Crippen molar-refractivity contribution in [2.24, 2.45) is 0 Å². The van der Waals surface area contributed by atoms with Crippen LogP contribution in [-0.2, 0) is 9.53 Å². The lowest BCUT2D eigenvalue weighted by molar-refractivity contribution is -0.137. The highest BCUT2D eigenvalue weighted by Gasteiger charge is 1.99. The zero-order valence-corrected chi connectivity index (χ0v) is 10.4. The first-order valence-electron chi connectivity index (χ1n) is 5.82. The predicted octanol–water partition coefficient (Wildman–Crippen LogP) is 3.80. The summed E-state index contributed by atoms with van der Waals surface area (Å²) in [6, 6.07) is 0. The summed E-state index contributed by atoms with van der Waals surface area (Å²) in [4.78, 5) is 11.0. The molecule has 0 saturated heterocycles. The molecule has 0 aromatic carbocycles. The van der Waals surface area contributed by atoms with Crippen molar-refractivity contribution >= 4 is 5.97 Å². The van der Waals surface area contributed by atoms with Gasteiger partial charge in [0.25, 0.3) is 0 Å². The Balaban J connectivity index is 3.47. The fourth-order valence-electron chi connectivity index (χ4n) is 1.07. The van der Waals surface area contributed by atoms with E-state index in [1.807, 2.05) is 18.2 Å². The third kappa shape index (κ3) is 9.25. The van der Waals surface area contributed by atoms with E-state index in [1.54, 1.807) is 6.92 Å². The number of allylic oxidation sites excluding steroid dienone is 3. The zero-order chi connectivity index (χ0) is 12.2. The van der Waals surface area contributed by atoms with Gasteiger partial charge in [0.2, 0.25) is 0 Å². The molecule has 2 heteroatoms. The monoisotopic (exact) mass is 222 g/mol. The molecule has 0 amide bonds. The van der Waals surface area contributed by atoms with Crippen molar-refractivity contribution < 1.29 is 9.53 Å². The molecule has 0 aliphatic carbocycles. The van der Waals surface area contributed by atoms with Crippen LogP contribution in [0.2, 0.25) is 0 Å². The molecule has 0 heterocycles. The van der Waals surface area contributed by atoms with Crippen LogP contribution in [0.1, 0.15) is 39.5 Å². The molecular weight excluding hydrogens is 200 g/mol. The number of rotatable bonds is 8. The normalized spacial score (nSPS) is 11.1. The zero-order valence-electron chi connectivity index (χ0n) is 10.4. The van der Waals surface area contributed by atoms with Crippen LogP contribution >= 0.6 is 0 Å². The van der Waals surface area contributed by atoms with E-state index in [2.05, 4.69) is 19.6 Å². The molecule has 0 atom stereocenters. The lowest BCUT2D eigenvalue weighted by Gasteiger charge is -1.98. The Bertz CT molecular complexity index is 262. The molecule has 0 aromatic heterocycles. The first-order chi connectivity index (χ1) is 7.68. The number of esters is 1. The van der Waals surface area contributed by atoms with Crippen LogP contribution in [0, 0.1) is 0 Å². The number of carbonyl (C=O) groups excluding carboxylic acids is 1. The topological polar surface area (TPSA) is 26.3 Å². The van der Waals surface area contributed by atoms with E-state index >= 15 is 0 Å². The van der Waals surface area contributed by atoms with Gasteiger partial charge in [0, 0.05) is 5.57 Å². The van der Waals surface area contributed by atoms with Gasteiger partial charge in [-0.15, -0.1) is 0 Å². The molecule has 0 spiro atoms. The highest BCUT2D eigenvalue weighted by molar-refractivity contribution is 5.86. The first-order valence-corrected chi connectivity index (χ1v) is 5.82. The molecule has 0 aromatic rings. The summed E-state index contributed by atoms with van der Waals surface area (Å²) in [5.74, 6) is -0.337. The molecular formula is C14H22O2. The molecule has 0 unspecified atom stereocenters. The molecule has 2 nitrogen and oxygen atoms in total. The molecule has 90 valence electrons. The second kappa shape index (κ2) is 10.2. The molecule has 0 rings (SSSR count). The molecule has 0 radical (unpaired) electrons. The van der Waals surface area contributed by atoms with E-state index in [1.165, 1.54) is 19.3 Å². The quantitative estimate of drug-likeness (QED) is 0.270. The van der Waals surface area contributed by atoms with Gasteiger partial charge in [0.15, 0.2) is 0 Å². The van der Waals surface area contributed by atoms with E-state index in [9.17, 15) is 4.79 Å². The molecule has 0 fully saturated rings. The molecule has 0 aliphatic heterocycles. The molecule has 0 aliphatic rings. The molecule has 0 saturated carbocycles. The van der Waals surface area contributed by atoms with Crippen molar-refractivity contribution in [1.29, 1.82) is 0 Å². The standard InChI is InChI=1S/C14H22O2/c1-4-5-6-7-8-9-10-11-12-16-14(15)13(2)3/h8-11H,2,4-7,12H2,1,3H3/b9-8?,11-10+. The van der Waals surface area contributed by atoms with Gasteiger partial charge in [0.05, 0.1) is 0 Å². The summed E-state index contributed by atoms with van der Waals surface area (Å²) in [5, 5.41) is 0. The first kappa shape index (κ1) is 14.7. The van der Waals surface area contributed by atoms with Gasteiger partial charge in [-0.25, -0.2) is 4.79 Å². The Morgan fingerprint density at radius 2 is 1.94 bits per heavy atom. The van der Waals surface area contributed by atoms with Crippen molar-refractivity contribution in [3.8, 4) is 0 Å². The second-order valence-electron chi connectivity index (χ2n) is 3.73. The Kier molecular flexibility index (Phi) is 9.38. The van der Waals surface area contributed by atoms with E-state index in [-0.39, 0.29) is 5.97 Å². The van der Waals surface area contributed by atoms with Crippen molar-refractivity contribution in [2.45, 2.75) is 39.5 Å². The van der Waals surface area contributed by atoms with Crippen LogP contribution in [0.15, 0.2) is 36.5 Å². The van der Waals surface area contributed by atoms with E-state index < -0.39 is 0 Å². The summed E-state index contributed by atoms with van der Waals surface area (Å²) in [6.45, 7) is 7.64. The summed E-state index contributed by atoms with van der Waals surface area (Å²) in [6.07, 6.45) is 12.7. The smallest absolute Gasteiger partial charge is 0.333 e. The van der Waals surface area contributed by atoms with Gasteiger partial charge in [-0.1, -0.05) is 44.6 Å². The van der Waals surface area contributed by atoms with Gasteiger partial charge >= 0.3 is 5.97 Å². The number of hydrogen-bond donors (Lipinski definition) is 0. The minimum absolute atomic E-state index is 0.311. The van der Waals surface area contributed by atoms with Crippen LogP contribution in [0.3, 0.4) is 0 Å². The van der Waals surface area contributed by atoms with Gasteiger partial charge in [0.1, 0.15) is 6.61 Å². The molecule has 0 bridgehead atoms. The average molecular weight is 222 g/mol. The van der Waals surface area contributed by atoms with Gasteiger partial charge < -0.3 is 4.74 Å². The summed E-state index contributed by atoms with van der Waals surface area (Å²) >= 11 is 0. The predicted molar refractivity (Wildman–Crippen MR) is 68.2 cm³/mol. The van der Waals surface area contributed by atoms with Crippen molar-refractivity contribution in [2.75, 3.05) is 6.61 Å². The van der Waals surface area contributed by atoms with Gasteiger partial charge in [-0.05, 0) is 25.8 Å². The SMILES string of the molecule is C=C(C)C(=O)OC/C=C/C=CCCCCC. The fraction of sp³-hybridized carbons (Fsp3) is 0.500. The fourth-order valence-corrected chi connectivity index (χ4v) is 1.07. The van der Waals surface area contributed by atoms with Gasteiger partial charge in [-0.2, -0.15) is 0 Å². The number of unbranched alkanes of at least 4 members (excludes halogenated alkanes) is 3. The number of hydrogen-bond acceptors (Lipinski definition) is 2. The second-order valence-corrected chi connectivity index (χ2v) is 3.73.